The maximum atomic E-state index is 12.4. The highest BCUT2D eigenvalue weighted by molar-refractivity contribution is 5.74. The number of hydrogen-bond donors (Lipinski definition) is 0. The van der Waals surface area contributed by atoms with Crippen LogP contribution in [0.15, 0.2) is 12.1 Å². The Morgan fingerprint density at radius 2 is 2.15 bits per heavy atom. The molecule has 0 spiro atoms. The zero-order valence-electron chi connectivity index (χ0n) is 11.0. The third kappa shape index (κ3) is 3.82. The van der Waals surface area contributed by atoms with E-state index in [0.717, 1.165) is 0 Å². The summed E-state index contributed by atoms with van der Waals surface area (Å²) < 4.78 is 38.9. The van der Waals surface area contributed by atoms with Gasteiger partial charge in [0.05, 0.1) is 20.1 Å². The second kappa shape index (κ2) is 7.28. The van der Waals surface area contributed by atoms with Gasteiger partial charge in [-0.05, 0) is 13.0 Å². The Balaban J connectivity index is 3.22. The van der Waals surface area contributed by atoms with E-state index in [1.54, 1.807) is 13.0 Å². The lowest BCUT2D eigenvalue weighted by atomic mass is 10.1. The van der Waals surface area contributed by atoms with Crippen molar-refractivity contribution in [3.8, 4) is 17.6 Å². The number of nitrogens with zero attached hydrogens (tertiary/aromatic N) is 1. The molecule has 5 nitrogen and oxygen atoms in total. The number of ether oxygens (including phenoxy) is 3. The number of benzene rings is 1. The number of hydrogen-bond acceptors (Lipinski definition) is 5. The molecule has 0 aliphatic rings. The van der Waals surface area contributed by atoms with Gasteiger partial charge in [0.15, 0.2) is 5.75 Å². The SMILES string of the molecule is CCOC(=O)Cc1ccc(OC)c(C#N)c1OC(F)F. The van der Waals surface area contributed by atoms with Gasteiger partial charge in [-0.2, -0.15) is 14.0 Å². The summed E-state index contributed by atoms with van der Waals surface area (Å²) >= 11 is 0. The molecule has 0 radical (unpaired) electrons. The van der Waals surface area contributed by atoms with Crippen LogP contribution in [-0.2, 0) is 16.0 Å². The summed E-state index contributed by atoms with van der Waals surface area (Å²) in [5.41, 5.74) is -0.0456. The Labute approximate surface area is 114 Å². The van der Waals surface area contributed by atoms with Crippen molar-refractivity contribution in [3.63, 3.8) is 0 Å². The molecule has 1 aromatic carbocycles. The highest BCUT2D eigenvalue weighted by Gasteiger charge is 2.20. The molecule has 1 aromatic rings. The normalized spacial score (nSPS) is 10.0. The van der Waals surface area contributed by atoms with Gasteiger partial charge >= 0.3 is 12.6 Å². The van der Waals surface area contributed by atoms with E-state index in [2.05, 4.69) is 4.74 Å². The largest absolute Gasteiger partial charge is 0.495 e. The van der Waals surface area contributed by atoms with Gasteiger partial charge in [-0.15, -0.1) is 0 Å². The Hall–Kier alpha value is -2.36. The molecule has 7 heteroatoms. The minimum atomic E-state index is -3.12. The van der Waals surface area contributed by atoms with Crippen LogP contribution >= 0.6 is 0 Å². The van der Waals surface area contributed by atoms with Crippen LogP contribution in [0.3, 0.4) is 0 Å². The van der Waals surface area contributed by atoms with E-state index in [1.165, 1.54) is 19.2 Å². The van der Waals surface area contributed by atoms with Gasteiger partial charge in [-0.25, -0.2) is 0 Å². The van der Waals surface area contributed by atoms with E-state index in [9.17, 15) is 13.6 Å². The Morgan fingerprint density at radius 1 is 1.45 bits per heavy atom. The molecular weight excluding hydrogens is 272 g/mol. The van der Waals surface area contributed by atoms with Crippen LogP contribution in [0.2, 0.25) is 0 Å². The fourth-order valence-electron chi connectivity index (χ4n) is 1.61. The Kier molecular flexibility index (Phi) is 5.72. The van der Waals surface area contributed by atoms with Crippen LogP contribution < -0.4 is 9.47 Å². The van der Waals surface area contributed by atoms with E-state index < -0.39 is 12.6 Å². The molecule has 0 fully saturated rings. The first kappa shape index (κ1) is 15.7. The number of esters is 1. The monoisotopic (exact) mass is 285 g/mol. The van der Waals surface area contributed by atoms with Crippen LogP contribution in [0, 0.1) is 11.3 Å². The Morgan fingerprint density at radius 3 is 2.65 bits per heavy atom. The minimum absolute atomic E-state index is 0.0933. The zero-order chi connectivity index (χ0) is 15.1. The predicted octanol–water partition coefficient (Wildman–Crippen LogP) is 2.27. The standard InChI is InChI=1S/C13H13F2NO4/c1-3-19-11(17)6-8-4-5-10(18-2)9(7-16)12(8)20-13(14)15/h4-5,13H,3,6H2,1-2H3. The van der Waals surface area contributed by atoms with E-state index in [0.29, 0.717) is 0 Å². The molecule has 0 aliphatic heterocycles. The summed E-state index contributed by atoms with van der Waals surface area (Å²) in [6, 6.07) is 4.52. The topological polar surface area (TPSA) is 68.5 Å². The number of carbonyl (C=O) groups is 1. The molecule has 108 valence electrons. The van der Waals surface area contributed by atoms with Crippen LogP contribution in [0.25, 0.3) is 0 Å². The first-order valence-corrected chi connectivity index (χ1v) is 5.73. The quantitative estimate of drug-likeness (QED) is 0.750. The molecule has 0 N–H and O–H groups in total. The van der Waals surface area contributed by atoms with Gasteiger partial charge in [-0.1, -0.05) is 6.07 Å². The van der Waals surface area contributed by atoms with Crippen molar-refractivity contribution in [2.24, 2.45) is 0 Å². The summed E-state index contributed by atoms with van der Waals surface area (Å²) in [4.78, 5) is 11.4. The molecular formula is C13H13F2NO4. The smallest absolute Gasteiger partial charge is 0.387 e. The van der Waals surface area contributed by atoms with Crippen molar-refractivity contribution in [2.45, 2.75) is 20.0 Å². The maximum Gasteiger partial charge on any atom is 0.387 e. The summed E-state index contributed by atoms with van der Waals surface area (Å²) in [6.07, 6.45) is -0.269. The average Bonchev–Trinajstić information content (AvgIpc) is 2.40. The minimum Gasteiger partial charge on any atom is -0.495 e. The van der Waals surface area contributed by atoms with Gasteiger partial charge < -0.3 is 14.2 Å². The highest BCUT2D eigenvalue weighted by atomic mass is 19.3. The predicted molar refractivity (Wildman–Crippen MR) is 64.7 cm³/mol. The Bertz CT molecular complexity index is 526. The number of rotatable bonds is 6. The molecule has 0 bridgehead atoms. The zero-order valence-corrected chi connectivity index (χ0v) is 11.0. The van der Waals surface area contributed by atoms with Gasteiger partial charge in [0.25, 0.3) is 0 Å². The molecule has 0 saturated heterocycles. The molecule has 0 atom stereocenters. The van der Waals surface area contributed by atoms with Crippen molar-refractivity contribution in [1.29, 1.82) is 5.26 Å². The summed E-state index contributed by atoms with van der Waals surface area (Å²) in [7, 11) is 1.30. The van der Waals surface area contributed by atoms with E-state index in [1.807, 2.05) is 0 Å². The van der Waals surface area contributed by atoms with Crippen LogP contribution in [-0.4, -0.2) is 26.3 Å². The maximum absolute atomic E-state index is 12.4. The molecule has 0 aliphatic carbocycles. The lowest BCUT2D eigenvalue weighted by Gasteiger charge is -2.14. The third-order valence-electron chi connectivity index (χ3n) is 2.38. The first-order chi connectivity index (χ1) is 9.53. The van der Waals surface area contributed by atoms with Crippen LogP contribution in [0.4, 0.5) is 8.78 Å². The molecule has 0 aromatic heterocycles. The molecule has 20 heavy (non-hydrogen) atoms. The summed E-state index contributed by atoms with van der Waals surface area (Å²) in [5, 5.41) is 9.03. The van der Waals surface area contributed by atoms with Crippen molar-refractivity contribution in [1.82, 2.24) is 0 Å². The lowest BCUT2D eigenvalue weighted by molar-refractivity contribution is -0.142. The second-order valence-corrected chi connectivity index (χ2v) is 3.60. The van der Waals surface area contributed by atoms with Crippen molar-refractivity contribution < 1.29 is 27.8 Å². The second-order valence-electron chi connectivity index (χ2n) is 3.60. The molecule has 0 unspecified atom stereocenters. The average molecular weight is 285 g/mol. The van der Waals surface area contributed by atoms with Gasteiger partial charge in [-0.3, -0.25) is 4.79 Å². The number of alkyl halides is 2. The summed E-state index contributed by atoms with van der Waals surface area (Å²) in [6.45, 7) is -1.32. The third-order valence-corrected chi connectivity index (χ3v) is 2.38. The number of carbonyl (C=O) groups excluding carboxylic acids is 1. The summed E-state index contributed by atoms with van der Waals surface area (Å²) in [5.74, 6) is -0.869. The van der Waals surface area contributed by atoms with Gasteiger partial charge in [0, 0.05) is 5.56 Å². The van der Waals surface area contributed by atoms with E-state index in [-0.39, 0.29) is 35.7 Å². The highest BCUT2D eigenvalue weighted by Crippen LogP contribution is 2.33. The number of methoxy groups -OCH3 is 1. The molecule has 0 saturated carbocycles. The fourth-order valence-corrected chi connectivity index (χ4v) is 1.61. The van der Waals surface area contributed by atoms with Crippen molar-refractivity contribution in [2.75, 3.05) is 13.7 Å². The number of halogens is 2. The lowest BCUT2D eigenvalue weighted by Crippen LogP contribution is -2.12. The molecule has 1 rings (SSSR count). The molecule has 0 amide bonds. The van der Waals surface area contributed by atoms with E-state index >= 15 is 0 Å². The molecule has 0 heterocycles. The van der Waals surface area contributed by atoms with Crippen LogP contribution in [0.1, 0.15) is 18.1 Å². The van der Waals surface area contributed by atoms with Crippen molar-refractivity contribution >= 4 is 5.97 Å². The fraction of sp³-hybridized carbons (Fsp3) is 0.385. The van der Waals surface area contributed by atoms with Gasteiger partial charge in [0.2, 0.25) is 0 Å². The number of nitriles is 1. The van der Waals surface area contributed by atoms with Crippen molar-refractivity contribution in [3.05, 3.63) is 23.3 Å². The van der Waals surface area contributed by atoms with Crippen LogP contribution in [0.5, 0.6) is 11.5 Å². The van der Waals surface area contributed by atoms with Gasteiger partial charge in [0.1, 0.15) is 17.4 Å². The first-order valence-electron chi connectivity index (χ1n) is 5.73. The van der Waals surface area contributed by atoms with E-state index in [4.69, 9.17) is 14.7 Å².